The molecule has 0 aliphatic heterocycles. The van der Waals surface area contributed by atoms with E-state index in [1.807, 2.05) is 6.92 Å². The summed E-state index contributed by atoms with van der Waals surface area (Å²) in [6, 6.07) is 2.98. The van der Waals surface area contributed by atoms with E-state index < -0.39 is 16.1 Å². The fraction of sp³-hybridized carbons (Fsp3) is 0.462. The molecule has 3 N–H and O–H groups in total. The second kappa shape index (κ2) is 6.42. The van der Waals surface area contributed by atoms with E-state index >= 15 is 0 Å². The van der Waals surface area contributed by atoms with Gasteiger partial charge in [0.15, 0.2) is 5.03 Å². The molecule has 21 heavy (non-hydrogen) atoms. The Bertz CT molecular complexity index is 676. The van der Waals surface area contributed by atoms with E-state index in [2.05, 4.69) is 20.2 Å². The number of aromatic amines is 1. The molecule has 1 atom stereocenters. The molecule has 2 aromatic rings. The van der Waals surface area contributed by atoms with Crippen LogP contribution in [0.25, 0.3) is 0 Å². The Balaban J connectivity index is 2.23. The van der Waals surface area contributed by atoms with E-state index in [-0.39, 0.29) is 5.03 Å². The number of furan rings is 1. The molecule has 1 unspecified atom stereocenters. The minimum Gasteiger partial charge on any atom is -0.468 e. The van der Waals surface area contributed by atoms with Gasteiger partial charge in [-0.2, -0.15) is 9.82 Å². The molecule has 0 radical (unpaired) electrons. The first-order valence-corrected chi connectivity index (χ1v) is 8.24. The smallest absolute Gasteiger partial charge is 0.260 e. The molecule has 2 rings (SSSR count). The molecule has 116 valence electrons. The van der Waals surface area contributed by atoms with Crippen molar-refractivity contribution >= 4 is 10.0 Å². The van der Waals surface area contributed by atoms with Gasteiger partial charge in [-0.3, -0.25) is 5.10 Å². The van der Waals surface area contributed by atoms with Crippen LogP contribution in [0.2, 0.25) is 0 Å². The summed E-state index contributed by atoms with van der Waals surface area (Å²) in [7, 11) is -3.72. The van der Waals surface area contributed by atoms with E-state index in [1.165, 1.54) is 6.26 Å². The van der Waals surface area contributed by atoms with Gasteiger partial charge in [-0.15, -0.1) is 0 Å². The molecule has 0 spiro atoms. The Morgan fingerprint density at radius 2 is 2.24 bits per heavy atom. The maximum atomic E-state index is 12.5. The molecule has 0 aliphatic carbocycles. The molecule has 0 aromatic carbocycles. The van der Waals surface area contributed by atoms with Crippen molar-refractivity contribution in [3.63, 3.8) is 0 Å². The Morgan fingerprint density at radius 3 is 2.86 bits per heavy atom. The van der Waals surface area contributed by atoms with Crippen molar-refractivity contribution in [2.75, 3.05) is 6.54 Å². The van der Waals surface area contributed by atoms with Crippen molar-refractivity contribution in [3.8, 4) is 0 Å². The summed E-state index contributed by atoms with van der Waals surface area (Å²) in [6.45, 7) is 6.68. The number of nitrogens with zero attached hydrogens (tertiary/aromatic N) is 1. The summed E-state index contributed by atoms with van der Waals surface area (Å²) in [5.74, 6) is 0.555. The van der Waals surface area contributed by atoms with Crippen LogP contribution in [-0.2, 0) is 16.6 Å². The average Bonchev–Trinajstić information content (AvgIpc) is 3.05. The number of hydrogen-bond acceptors (Lipinski definition) is 5. The van der Waals surface area contributed by atoms with E-state index in [1.54, 1.807) is 26.0 Å². The lowest BCUT2D eigenvalue weighted by molar-refractivity contribution is 0.458. The van der Waals surface area contributed by atoms with Crippen LogP contribution in [0.5, 0.6) is 0 Å². The monoisotopic (exact) mass is 312 g/mol. The number of rotatable bonds is 7. The molecule has 0 saturated carbocycles. The molecule has 2 aromatic heterocycles. The first-order chi connectivity index (χ1) is 9.95. The highest BCUT2D eigenvalue weighted by Crippen LogP contribution is 2.20. The number of nitrogens with one attached hydrogen (secondary N) is 3. The molecule has 0 bridgehead atoms. The topological polar surface area (TPSA) is 100 Å². The van der Waals surface area contributed by atoms with Crippen molar-refractivity contribution in [1.82, 2.24) is 20.2 Å². The SMILES string of the molecule is CCNCc1c(S(=O)(=O)NC(C)c2ccco2)n[nH]c1C. The van der Waals surface area contributed by atoms with Gasteiger partial charge in [-0.05, 0) is 32.5 Å². The molecule has 0 fully saturated rings. The van der Waals surface area contributed by atoms with E-state index in [0.29, 0.717) is 17.9 Å². The van der Waals surface area contributed by atoms with Gasteiger partial charge in [-0.1, -0.05) is 6.92 Å². The summed E-state index contributed by atoms with van der Waals surface area (Å²) in [6.07, 6.45) is 1.51. The summed E-state index contributed by atoms with van der Waals surface area (Å²) in [5.41, 5.74) is 1.39. The van der Waals surface area contributed by atoms with Crippen LogP contribution in [0.15, 0.2) is 27.8 Å². The van der Waals surface area contributed by atoms with Gasteiger partial charge in [0.2, 0.25) is 0 Å². The lowest BCUT2D eigenvalue weighted by Gasteiger charge is -2.12. The molecule has 0 aliphatic rings. The fourth-order valence-corrected chi connectivity index (χ4v) is 3.40. The fourth-order valence-electron chi connectivity index (χ4n) is 1.99. The number of aryl methyl sites for hydroxylation is 1. The largest absolute Gasteiger partial charge is 0.468 e. The molecular weight excluding hydrogens is 292 g/mol. The predicted octanol–water partition coefficient (Wildman–Crippen LogP) is 1.46. The van der Waals surface area contributed by atoms with Gasteiger partial charge in [-0.25, -0.2) is 8.42 Å². The predicted molar refractivity (Wildman–Crippen MR) is 78.1 cm³/mol. The molecular formula is C13H20N4O3S. The van der Waals surface area contributed by atoms with Crippen LogP contribution in [0.4, 0.5) is 0 Å². The van der Waals surface area contributed by atoms with Crippen LogP contribution in [0, 0.1) is 6.92 Å². The molecule has 0 saturated heterocycles. The highest BCUT2D eigenvalue weighted by Gasteiger charge is 2.26. The highest BCUT2D eigenvalue weighted by molar-refractivity contribution is 7.89. The summed E-state index contributed by atoms with van der Waals surface area (Å²) in [4.78, 5) is 0. The standard InChI is InChI=1S/C13H20N4O3S/c1-4-14-8-11-9(2)15-16-13(11)21(18,19)17-10(3)12-6-5-7-20-12/h5-7,10,14,17H,4,8H2,1-3H3,(H,15,16). The number of aromatic nitrogens is 2. The zero-order valence-electron chi connectivity index (χ0n) is 12.3. The van der Waals surface area contributed by atoms with Crippen molar-refractivity contribution in [1.29, 1.82) is 0 Å². The van der Waals surface area contributed by atoms with Crippen molar-refractivity contribution in [2.24, 2.45) is 0 Å². The maximum Gasteiger partial charge on any atom is 0.260 e. The Kier molecular flexibility index (Phi) is 4.81. The van der Waals surface area contributed by atoms with Crippen LogP contribution in [-0.4, -0.2) is 25.2 Å². The van der Waals surface area contributed by atoms with E-state index in [9.17, 15) is 8.42 Å². The zero-order chi connectivity index (χ0) is 15.5. The van der Waals surface area contributed by atoms with Crippen LogP contribution >= 0.6 is 0 Å². The van der Waals surface area contributed by atoms with Gasteiger partial charge in [0.25, 0.3) is 10.0 Å². The van der Waals surface area contributed by atoms with Gasteiger partial charge in [0, 0.05) is 17.8 Å². The normalized spacial score (nSPS) is 13.5. The van der Waals surface area contributed by atoms with Gasteiger partial charge >= 0.3 is 0 Å². The van der Waals surface area contributed by atoms with E-state index in [4.69, 9.17) is 4.42 Å². The Morgan fingerprint density at radius 1 is 1.48 bits per heavy atom. The van der Waals surface area contributed by atoms with Crippen LogP contribution < -0.4 is 10.0 Å². The summed E-state index contributed by atoms with van der Waals surface area (Å²) >= 11 is 0. The lowest BCUT2D eigenvalue weighted by Crippen LogP contribution is -2.28. The Labute approximate surface area is 124 Å². The minimum absolute atomic E-state index is 0.0272. The second-order valence-electron chi connectivity index (χ2n) is 4.77. The minimum atomic E-state index is -3.72. The highest BCUT2D eigenvalue weighted by atomic mass is 32.2. The molecule has 0 amide bonds. The molecule has 7 nitrogen and oxygen atoms in total. The Hall–Kier alpha value is -1.64. The molecule has 8 heteroatoms. The third kappa shape index (κ3) is 3.52. The van der Waals surface area contributed by atoms with Crippen LogP contribution in [0.3, 0.4) is 0 Å². The van der Waals surface area contributed by atoms with Crippen molar-refractivity contribution in [2.45, 2.75) is 38.4 Å². The summed E-state index contributed by atoms with van der Waals surface area (Å²) < 4.78 is 32.7. The van der Waals surface area contributed by atoms with Crippen LogP contribution in [0.1, 0.15) is 36.9 Å². The quantitative estimate of drug-likeness (QED) is 0.718. The number of sulfonamides is 1. The zero-order valence-corrected chi connectivity index (χ0v) is 13.1. The van der Waals surface area contributed by atoms with Gasteiger partial charge < -0.3 is 9.73 Å². The van der Waals surface area contributed by atoms with Crippen molar-refractivity contribution < 1.29 is 12.8 Å². The third-order valence-electron chi connectivity index (χ3n) is 3.14. The maximum absolute atomic E-state index is 12.5. The first kappa shape index (κ1) is 15.7. The first-order valence-electron chi connectivity index (χ1n) is 6.76. The number of hydrogen-bond donors (Lipinski definition) is 3. The average molecular weight is 312 g/mol. The van der Waals surface area contributed by atoms with E-state index in [0.717, 1.165) is 12.2 Å². The summed E-state index contributed by atoms with van der Waals surface area (Å²) in [5, 5.41) is 9.80. The number of H-pyrrole nitrogens is 1. The lowest BCUT2D eigenvalue weighted by atomic mass is 10.2. The van der Waals surface area contributed by atoms with Crippen molar-refractivity contribution in [3.05, 3.63) is 35.4 Å². The van der Waals surface area contributed by atoms with Gasteiger partial charge in [0.1, 0.15) is 5.76 Å². The van der Waals surface area contributed by atoms with Gasteiger partial charge in [0.05, 0.1) is 12.3 Å². The second-order valence-corrected chi connectivity index (χ2v) is 6.40. The third-order valence-corrected chi connectivity index (χ3v) is 4.65. The molecule has 2 heterocycles.